The maximum atomic E-state index is 12.5. The molecular weight excluding hydrogens is 314 g/mol. The molecule has 0 bridgehead atoms. The van der Waals surface area contributed by atoms with E-state index in [1.807, 2.05) is 18.2 Å². The minimum absolute atomic E-state index is 0.0352. The Morgan fingerprint density at radius 3 is 2.74 bits per heavy atom. The first-order valence-electron chi connectivity index (χ1n) is 7.53. The molecule has 1 saturated heterocycles. The van der Waals surface area contributed by atoms with E-state index in [0.717, 1.165) is 12.0 Å². The van der Waals surface area contributed by atoms with Crippen LogP contribution in [0.1, 0.15) is 22.3 Å². The molecule has 1 atom stereocenters. The van der Waals surface area contributed by atoms with E-state index in [1.54, 1.807) is 23.2 Å². The van der Waals surface area contributed by atoms with E-state index in [4.69, 9.17) is 17.3 Å². The molecule has 2 aromatic rings. The summed E-state index contributed by atoms with van der Waals surface area (Å²) >= 11 is 6.14. The third-order valence-corrected chi connectivity index (χ3v) is 4.41. The Hall–Kier alpha value is -2.11. The fraction of sp³-hybridized carbons (Fsp3) is 0.294. The van der Waals surface area contributed by atoms with E-state index < -0.39 is 0 Å². The van der Waals surface area contributed by atoms with Gasteiger partial charge in [-0.1, -0.05) is 29.8 Å². The van der Waals surface area contributed by atoms with Gasteiger partial charge < -0.3 is 15.2 Å². The van der Waals surface area contributed by atoms with Gasteiger partial charge >= 0.3 is 0 Å². The first kappa shape index (κ1) is 15.8. The minimum Gasteiger partial charge on any atom is -0.337 e. The molecule has 1 fully saturated rings. The van der Waals surface area contributed by atoms with Gasteiger partial charge in [0.25, 0.3) is 11.5 Å². The Morgan fingerprint density at radius 2 is 2.04 bits per heavy atom. The van der Waals surface area contributed by atoms with Crippen molar-refractivity contribution in [2.45, 2.75) is 19.0 Å². The Labute approximate surface area is 139 Å². The van der Waals surface area contributed by atoms with Crippen LogP contribution < -0.4 is 11.3 Å². The van der Waals surface area contributed by atoms with E-state index in [1.165, 1.54) is 10.6 Å². The summed E-state index contributed by atoms with van der Waals surface area (Å²) in [6.45, 7) is 1.55. The van der Waals surface area contributed by atoms with Crippen LogP contribution in [0.4, 0.5) is 0 Å². The SMILES string of the molecule is N[C@@H]1CCN(C(=O)c2ccc(=O)n(Cc3ccccc3Cl)c2)C1. The number of likely N-dealkylation sites (tertiary alicyclic amines) is 1. The summed E-state index contributed by atoms with van der Waals surface area (Å²) in [6.07, 6.45) is 2.41. The molecule has 1 aromatic carbocycles. The first-order chi connectivity index (χ1) is 11.0. The predicted molar refractivity (Wildman–Crippen MR) is 89.8 cm³/mol. The summed E-state index contributed by atoms with van der Waals surface area (Å²) < 4.78 is 1.50. The van der Waals surface area contributed by atoms with E-state index in [0.29, 0.717) is 30.2 Å². The van der Waals surface area contributed by atoms with Crippen molar-refractivity contribution in [3.05, 3.63) is 69.1 Å². The maximum Gasteiger partial charge on any atom is 0.255 e. The average molecular weight is 332 g/mol. The van der Waals surface area contributed by atoms with Crippen molar-refractivity contribution in [2.75, 3.05) is 13.1 Å². The van der Waals surface area contributed by atoms with E-state index in [2.05, 4.69) is 0 Å². The molecule has 2 heterocycles. The second-order valence-corrected chi connectivity index (χ2v) is 6.18. The molecule has 1 aromatic heterocycles. The van der Waals surface area contributed by atoms with E-state index >= 15 is 0 Å². The third kappa shape index (κ3) is 3.46. The van der Waals surface area contributed by atoms with Crippen molar-refractivity contribution in [3.63, 3.8) is 0 Å². The molecule has 23 heavy (non-hydrogen) atoms. The molecule has 1 aliphatic heterocycles. The molecule has 3 rings (SSSR count). The van der Waals surface area contributed by atoms with Crippen molar-refractivity contribution < 1.29 is 4.79 Å². The number of hydrogen-bond acceptors (Lipinski definition) is 3. The van der Waals surface area contributed by atoms with Crippen LogP contribution in [-0.2, 0) is 6.54 Å². The molecule has 2 N–H and O–H groups in total. The van der Waals surface area contributed by atoms with Gasteiger partial charge in [0.15, 0.2) is 0 Å². The van der Waals surface area contributed by atoms with Gasteiger partial charge in [-0.25, -0.2) is 0 Å². The molecule has 1 aliphatic rings. The third-order valence-electron chi connectivity index (χ3n) is 4.04. The quantitative estimate of drug-likeness (QED) is 0.931. The summed E-state index contributed by atoms with van der Waals surface area (Å²) in [5.74, 6) is -0.0918. The molecule has 0 aliphatic carbocycles. The molecule has 0 saturated carbocycles. The van der Waals surface area contributed by atoms with Crippen LogP contribution in [0.15, 0.2) is 47.4 Å². The molecular formula is C17H18ClN3O2. The summed E-state index contributed by atoms with van der Waals surface area (Å²) in [5.41, 5.74) is 7.01. The summed E-state index contributed by atoms with van der Waals surface area (Å²) in [6, 6.07) is 10.4. The van der Waals surface area contributed by atoms with Gasteiger partial charge in [0, 0.05) is 36.4 Å². The molecule has 0 unspecified atom stereocenters. The van der Waals surface area contributed by atoms with Gasteiger partial charge in [-0.05, 0) is 24.1 Å². The minimum atomic E-state index is -0.167. The fourth-order valence-corrected chi connectivity index (χ4v) is 2.94. The van der Waals surface area contributed by atoms with Crippen molar-refractivity contribution in [2.24, 2.45) is 5.73 Å². The monoisotopic (exact) mass is 331 g/mol. The molecule has 0 spiro atoms. The van der Waals surface area contributed by atoms with E-state index in [9.17, 15) is 9.59 Å². The fourth-order valence-electron chi connectivity index (χ4n) is 2.75. The lowest BCUT2D eigenvalue weighted by Crippen LogP contribution is -2.33. The largest absolute Gasteiger partial charge is 0.337 e. The Bertz CT molecular complexity index is 787. The highest BCUT2D eigenvalue weighted by Crippen LogP contribution is 2.16. The average Bonchev–Trinajstić information content (AvgIpc) is 2.97. The van der Waals surface area contributed by atoms with Crippen LogP contribution in [-0.4, -0.2) is 34.5 Å². The molecule has 0 radical (unpaired) electrons. The zero-order valence-corrected chi connectivity index (χ0v) is 13.4. The number of aromatic nitrogens is 1. The Balaban J connectivity index is 1.86. The van der Waals surface area contributed by atoms with E-state index in [-0.39, 0.29) is 17.5 Å². The molecule has 5 nitrogen and oxygen atoms in total. The zero-order valence-electron chi connectivity index (χ0n) is 12.6. The van der Waals surface area contributed by atoms with Gasteiger partial charge in [-0.3, -0.25) is 9.59 Å². The number of benzene rings is 1. The highest BCUT2D eigenvalue weighted by atomic mass is 35.5. The van der Waals surface area contributed by atoms with Gasteiger partial charge in [0.2, 0.25) is 0 Å². The van der Waals surface area contributed by atoms with Gasteiger partial charge in [-0.2, -0.15) is 0 Å². The highest BCUT2D eigenvalue weighted by Gasteiger charge is 2.24. The summed E-state index contributed by atoms with van der Waals surface area (Å²) in [5, 5.41) is 0.599. The maximum absolute atomic E-state index is 12.5. The second-order valence-electron chi connectivity index (χ2n) is 5.78. The van der Waals surface area contributed by atoms with Crippen molar-refractivity contribution in [3.8, 4) is 0 Å². The van der Waals surface area contributed by atoms with Crippen LogP contribution in [0.25, 0.3) is 0 Å². The standard InChI is InChI=1S/C17H18ClN3O2/c18-15-4-2-1-3-12(15)9-21-10-13(5-6-16(21)22)17(23)20-8-7-14(19)11-20/h1-6,10,14H,7-9,11,19H2/t14-/m1/s1. The van der Waals surface area contributed by atoms with Crippen LogP contribution in [0.5, 0.6) is 0 Å². The predicted octanol–water partition coefficient (Wildman–Crippen LogP) is 1.72. The summed E-state index contributed by atoms with van der Waals surface area (Å²) in [7, 11) is 0. The van der Waals surface area contributed by atoms with Crippen LogP contribution in [0.3, 0.4) is 0 Å². The first-order valence-corrected chi connectivity index (χ1v) is 7.91. The zero-order chi connectivity index (χ0) is 16.4. The number of pyridine rings is 1. The van der Waals surface area contributed by atoms with Crippen molar-refractivity contribution in [1.82, 2.24) is 9.47 Å². The smallest absolute Gasteiger partial charge is 0.255 e. The van der Waals surface area contributed by atoms with Gasteiger partial charge in [0.05, 0.1) is 12.1 Å². The molecule has 120 valence electrons. The Kier molecular flexibility index (Phi) is 4.50. The number of carbonyl (C=O) groups is 1. The molecule has 6 heteroatoms. The highest BCUT2D eigenvalue weighted by molar-refractivity contribution is 6.31. The lowest BCUT2D eigenvalue weighted by molar-refractivity contribution is 0.0790. The summed E-state index contributed by atoms with van der Waals surface area (Å²) in [4.78, 5) is 26.3. The number of rotatable bonds is 3. The van der Waals surface area contributed by atoms with Crippen LogP contribution in [0, 0.1) is 0 Å². The van der Waals surface area contributed by atoms with Crippen LogP contribution in [0.2, 0.25) is 5.02 Å². The number of nitrogens with zero attached hydrogens (tertiary/aromatic N) is 2. The second kappa shape index (κ2) is 6.56. The van der Waals surface area contributed by atoms with Crippen molar-refractivity contribution >= 4 is 17.5 Å². The number of carbonyl (C=O) groups excluding carboxylic acids is 1. The number of hydrogen-bond donors (Lipinski definition) is 1. The van der Waals surface area contributed by atoms with Crippen LogP contribution >= 0.6 is 11.6 Å². The van der Waals surface area contributed by atoms with Gasteiger partial charge in [0.1, 0.15) is 0 Å². The number of nitrogens with two attached hydrogens (primary N) is 1. The molecule has 1 amide bonds. The van der Waals surface area contributed by atoms with Crippen molar-refractivity contribution in [1.29, 1.82) is 0 Å². The normalized spacial score (nSPS) is 17.5. The topological polar surface area (TPSA) is 68.3 Å². The van der Waals surface area contributed by atoms with Gasteiger partial charge in [-0.15, -0.1) is 0 Å². The number of amides is 1. The lowest BCUT2D eigenvalue weighted by atomic mass is 10.2. The Morgan fingerprint density at radius 1 is 1.26 bits per heavy atom. The lowest BCUT2D eigenvalue weighted by Gasteiger charge is -2.16. The number of halogens is 1.